The summed E-state index contributed by atoms with van der Waals surface area (Å²) in [6.07, 6.45) is 3.73. The number of hydrogen-bond acceptors (Lipinski definition) is 3. The van der Waals surface area contributed by atoms with Crippen LogP contribution in [0.1, 0.15) is 42.9 Å². The van der Waals surface area contributed by atoms with Crippen LogP contribution in [-0.4, -0.2) is 18.0 Å². The molecule has 4 heteroatoms. The summed E-state index contributed by atoms with van der Waals surface area (Å²) < 4.78 is 0. The first kappa shape index (κ1) is 15.2. The summed E-state index contributed by atoms with van der Waals surface area (Å²) in [5.74, 6) is -0.0239. The standard InChI is InChI=1S/C14H24N2OS/c1-4-5-6-13(15)14(17)16-10(2)9-12-8-7-11(3)18-12/h7-8,10,13H,4-6,9,15H2,1-3H3,(H,16,17)/t10?,13-/m0/s1. The number of aryl methyl sites for hydroxylation is 1. The zero-order valence-corrected chi connectivity index (χ0v) is 12.3. The van der Waals surface area contributed by atoms with E-state index in [1.165, 1.54) is 9.75 Å². The second-order valence-electron chi connectivity index (χ2n) is 4.87. The number of unbranched alkanes of at least 4 members (excludes halogenated alkanes) is 1. The van der Waals surface area contributed by atoms with Crippen LogP contribution in [0.15, 0.2) is 12.1 Å². The Morgan fingerprint density at radius 1 is 1.50 bits per heavy atom. The van der Waals surface area contributed by atoms with Crippen LogP contribution in [0.2, 0.25) is 0 Å². The maximum atomic E-state index is 11.8. The van der Waals surface area contributed by atoms with Gasteiger partial charge in [0, 0.05) is 22.2 Å². The Kier molecular flexibility index (Phi) is 6.36. The summed E-state index contributed by atoms with van der Waals surface area (Å²) in [5, 5.41) is 2.99. The number of amides is 1. The van der Waals surface area contributed by atoms with E-state index in [0.29, 0.717) is 0 Å². The van der Waals surface area contributed by atoms with E-state index in [1.54, 1.807) is 11.3 Å². The zero-order valence-electron chi connectivity index (χ0n) is 11.5. The molecule has 1 aromatic heterocycles. The van der Waals surface area contributed by atoms with Gasteiger partial charge in [-0.3, -0.25) is 4.79 Å². The van der Waals surface area contributed by atoms with Gasteiger partial charge in [0.05, 0.1) is 6.04 Å². The largest absolute Gasteiger partial charge is 0.352 e. The van der Waals surface area contributed by atoms with Crippen molar-refractivity contribution in [1.29, 1.82) is 0 Å². The lowest BCUT2D eigenvalue weighted by Gasteiger charge is -2.16. The van der Waals surface area contributed by atoms with Crippen LogP contribution in [0, 0.1) is 6.92 Å². The van der Waals surface area contributed by atoms with Crippen molar-refractivity contribution in [2.45, 2.75) is 58.5 Å². The molecule has 1 amide bonds. The Morgan fingerprint density at radius 3 is 2.78 bits per heavy atom. The first-order chi connectivity index (χ1) is 8.52. The van der Waals surface area contributed by atoms with Gasteiger partial charge in [-0.15, -0.1) is 11.3 Å². The van der Waals surface area contributed by atoms with E-state index in [2.05, 4.69) is 31.3 Å². The van der Waals surface area contributed by atoms with Gasteiger partial charge in [0.25, 0.3) is 0 Å². The van der Waals surface area contributed by atoms with Crippen LogP contribution in [-0.2, 0) is 11.2 Å². The molecular formula is C14H24N2OS. The van der Waals surface area contributed by atoms with E-state index in [-0.39, 0.29) is 18.0 Å². The Balaban J connectivity index is 2.35. The van der Waals surface area contributed by atoms with Gasteiger partial charge in [0.2, 0.25) is 5.91 Å². The van der Waals surface area contributed by atoms with Crippen molar-refractivity contribution in [2.24, 2.45) is 5.73 Å². The topological polar surface area (TPSA) is 55.1 Å². The fourth-order valence-electron chi connectivity index (χ4n) is 1.85. The lowest BCUT2D eigenvalue weighted by atomic mass is 10.1. The second kappa shape index (κ2) is 7.54. The minimum atomic E-state index is -0.363. The minimum absolute atomic E-state index is 0.0239. The van der Waals surface area contributed by atoms with Crippen molar-refractivity contribution in [3.8, 4) is 0 Å². The van der Waals surface area contributed by atoms with Gasteiger partial charge in [0.15, 0.2) is 0 Å². The smallest absolute Gasteiger partial charge is 0.237 e. The fourth-order valence-corrected chi connectivity index (χ4v) is 2.87. The van der Waals surface area contributed by atoms with E-state index >= 15 is 0 Å². The number of nitrogens with one attached hydrogen (secondary N) is 1. The molecule has 2 atom stereocenters. The molecule has 0 bridgehead atoms. The third-order valence-electron chi connectivity index (χ3n) is 2.90. The lowest BCUT2D eigenvalue weighted by Crippen LogP contribution is -2.45. The molecule has 102 valence electrons. The summed E-state index contributed by atoms with van der Waals surface area (Å²) in [4.78, 5) is 14.4. The lowest BCUT2D eigenvalue weighted by molar-refractivity contribution is -0.123. The normalized spacial score (nSPS) is 14.2. The summed E-state index contributed by atoms with van der Waals surface area (Å²) in [6.45, 7) is 6.23. The highest BCUT2D eigenvalue weighted by Crippen LogP contribution is 2.16. The van der Waals surface area contributed by atoms with Crippen molar-refractivity contribution >= 4 is 17.2 Å². The molecule has 0 aliphatic heterocycles. The molecule has 1 aromatic rings. The molecule has 3 N–H and O–H groups in total. The van der Waals surface area contributed by atoms with Crippen LogP contribution in [0.25, 0.3) is 0 Å². The molecule has 0 spiro atoms. The molecule has 0 aliphatic carbocycles. The first-order valence-electron chi connectivity index (χ1n) is 6.64. The molecule has 1 unspecified atom stereocenters. The van der Waals surface area contributed by atoms with E-state index in [0.717, 1.165) is 25.7 Å². The van der Waals surface area contributed by atoms with Crippen molar-refractivity contribution in [3.63, 3.8) is 0 Å². The number of rotatable bonds is 7. The third kappa shape index (κ3) is 5.19. The number of thiophene rings is 1. The molecule has 0 radical (unpaired) electrons. The van der Waals surface area contributed by atoms with Crippen molar-refractivity contribution in [2.75, 3.05) is 0 Å². The monoisotopic (exact) mass is 268 g/mol. The molecule has 0 aliphatic rings. The number of carbonyl (C=O) groups is 1. The van der Waals surface area contributed by atoms with E-state index < -0.39 is 0 Å². The highest BCUT2D eigenvalue weighted by molar-refractivity contribution is 7.11. The number of nitrogens with two attached hydrogens (primary N) is 1. The average Bonchev–Trinajstić information content (AvgIpc) is 2.71. The van der Waals surface area contributed by atoms with E-state index in [4.69, 9.17) is 5.73 Å². The van der Waals surface area contributed by atoms with Crippen LogP contribution in [0.4, 0.5) is 0 Å². The van der Waals surface area contributed by atoms with Crippen LogP contribution in [0.3, 0.4) is 0 Å². The molecule has 0 saturated carbocycles. The SMILES string of the molecule is CCCC[C@H](N)C(=O)NC(C)Cc1ccc(C)s1. The predicted molar refractivity (Wildman–Crippen MR) is 77.9 cm³/mol. The fraction of sp³-hybridized carbons (Fsp3) is 0.643. The molecule has 18 heavy (non-hydrogen) atoms. The molecule has 1 rings (SSSR count). The van der Waals surface area contributed by atoms with Crippen LogP contribution >= 0.6 is 11.3 Å². The number of hydrogen-bond donors (Lipinski definition) is 2. The molecule has 0 aromatic carbocycles. The molecule has 0 saturated heterocycles. The maximum Gasteiger partial charge on any atom is 0.237 e. The Labute approximate surface area is 114 Å². The molecule has 3 nitrogen and oxygen atoms in total. The Hall–Kier alpha value is -0.870. The second-order valence-corrected chi connectivity index (χ2v) is 6.25. The van der Waals surface area contributed by atoms with Crippen molar-refractivity contribution < 1.29 is 4.79 Å². The van der Waals surface area contributed by atoms with Gasteiger partial charge < -0.3 is 11.1 Å². The zero-order chi connectivity index (χ0) is 13.5. The summed E-state index contributed by atoms with van der Waals surface area (Å²) in [7, 11) is 0. The van der Waals surface area contributed by atoms with E-state index in [1.807, 2.05) is 6.92 Å². The van der Waals surface area contributed by atoms with Crippen LogP contribution < -0.4 is 11.1 Å². The summed E-state index contributed by atoms with van der Waals surface area (Å²) >= 11 is 1.78. The van der Waals surface area contributed by atoms with Crippen molar-refractivity contribution in [3.05, 3.63) is 21.9 Å². The van der Waals surface area contributed by atoms with Gasteiger partial charge in [-0.05, 0) is 32.4 Å². The van der Waals surface area contributed by atoms with Crippen molar-refractivity contribution in [1.82, 2.24) is 5.32 Å². The molecular weight excluding hydrogens is 244 g/mol. The Bertz CT molecular complexity index is 376. The van der Waals surface area contributed by atoms with Crippen LogP contribution in [0.5, 0.6) is 0 Å². The van der Waals surface area contributed by atoms with Gasteiger partial charge >= 0.3 is 0 Å². The molecule has 0 fully saturated rings. The quantitative estimate of drug-likeness (QED) is 0.798. The highest BCUT2D eigenvalue weighted by Gasteiger charge is 2.15. The molecule has 1 heterocycles. The minimum Gasteiger partial charge on any atom is -0.352 e. The third-order valence-corrected chi connectivity index (χ3v) is 3.92. The van der Waals surface area contributed by atoms with E-state index in [9.17, 15) is 4.79 Å². The van der Waals surface area contributed by atoms with Gasteiger partial charge in [0.1, 0.15) is 0 Å². The van der Waals surface area contributed by atoms with Gasteiger partial charge in [-0.1, -0.05) is 19.8 Å². The maximum absolute atomic E-state index is 11.8. The predicted octanol–water partition coefficient (Wildman–Crippen LogP) is 2.62. The Morgan fingerprint density at radius 2 is 2.22 bits per heavy atom. The summed E-state index contributed by atoms with van der Waals surface area (Å²) in [5.41, 5.74) is 5.84. The highest BCUT2D eigenvalue weighted by atomic mass is 32.1. The number of carbonyl (C=O) groups excluding carboxylic acids is 1. The summed E-state index contributed by atoms with van der Waals surface area (Å²) in [6, 6.07) is 4.02. The van der Waals surface area contributed by atoms with Gasteiger partial charge in [-0.2, -0.15) is 0 Å². The average molecular weight is 268 g/mol. The first-order valence-corrected chi connectivity index (χ1v) is 7.45. The van der Waals surface area contributed by atoms with Gasteiger partial charge in [-0.25, -0.2) is 0 Å².